The normalized spacial score (nSPS) is 15.1. The zero-order valence-electron chi connectivity index (χ0n) is 12.1. The van der Waals surface area contributed by atoms with E-state index in [2.05, 4.69) is 66.4 Å². The van der Waals surface area contributed by atoms with E-state index in [4.69, 9.17) is 0 Å². The van der Waals surface area contributed by atoms with Crippen LogP contribution in [-0.2, 0) is 0 Å². The number of rotatable bonds is 5. The van der Waals surface area contributed by atoms with E-state index >= 15 is 0 Å². The maximum absolute atomic E-state index is 4.20. The minimum absolute atomic E-state index is 0.210. The number of hydrogen-bond donors (Lipinski definition) is 1. The fourth-order valence-corrected chi connectivity index (χ4v) is 2.37. The number of allylic oxidation sites excluding steroid dienone is 2. The highest BCUT2D eigenvalue weighted by Crippen LogP contribution is 2.37. The molecule has 1 N–H and O–H groups in total. The zero-order valence-corrected chi connectivity index (χ0v) is 12.1. The molecule has 1 atom stereocenters. The van der Waals surface area contributed by atoms with Gasteiger partial charge in [-0.2, -0.15) is 0 Å². The number of hydrogen-bond acceptors (Lipinski definition) is 1. The Bertz CT molecular complexity index is 253. The molecule has 0 heterocycles. The fraction of sp³-hybridized carbons (Fsp3) is 0.733. The third kappa shape index (κ3) is 4.03. The van der Waals surface area contributed by atoms with Gasteiger partial charge in [-0.3, -0.25) is 0 Å². The van der Waals surface area contributed by atoms with Crippen LogP contribution in [0.5, 0.6) is 0 Å². The Morgan fingerprint density at radius 2 is 1.81 bits per heavy atom. The van der Waals surface area contributed by atoms with E-state index in [1.807, 2.05) is 0 Å². The van der Waals surface area contributed by atoms with E-state index in [0.717, 1.165) is 12.2 Å². The van der Waals surface area contributed by atoms with Gasteiger partial charge in [0.05, 0.1) is 0 Å². The average Bonchev–Trinajstić information content (AvgIpc) is 2.11. The molecule has 0 aliphatic carbocycles. The van der Waals surface area contributed by atoms with Crippen molar-refractivity contribution in [3.05, 3.63) is 23.9 Å². The predicted molar refractivity (Wildman–Crippen MR) is 74.4 cm³/mol. The van der Waals surface area contributed by atoms with Gasteiger partial charge in [-0.25, -0.2) is 0 Å². The summed E-state index contributed by atoms with van der Waals surface area (Å²) in [4.78, 5) is 0. The Morgan fingerprint density at radius 1 is 1.31 bits per heavy atom. The van der Waals surface area contributed by atoms with Gasteiger partial charge < -0.3 is 5.32 Å². The molecule has 0 aliphatic heterocycles. The van der Waals surface area contributed by atoms with Crippen LogP contribution in [0.4, 0.5) is 0 Å². The lowest BCUT2D eigenvalue weighted by atomic mass is 9.73. The third-order valence-corrected chi connectivity index (χ3v) is 2.96. The molecule has 0 aromatic heterocycles. The number of nitrogens with one attached hydrogen (secondary N) is 1. The summed E-state index contributed by atoms with van der Waals surface area (Å²) in [6, 6.07) is 0. The summed E-state index contributed by atoms with van der Waals surface area (Å²) in [5.74, 6) is 1.02. The highest BCUT2D eigenvalue weighted by molar-refractivity contribution is 5.23. The van der Waals surface area contributed by atoms with E-state index in [-0.39, 0.29) is 5.41 Å². The summed E-state index contributed by atoms with van der Waals surface area (Å²) < 4.78 is 0. The monoisotopic (exact) mass is 223 g/mol. The van der Waals surface area contributed by atoms with Crippen molar-refractivity contribution in [3.8, 4) is 0 Å². The fourth-order valence-electron chi connectivity index (χ4n) is 2.37. The molecule has 16 heavy (non-hydrogen) atoms. The van der Waals surface area contributed by atoms with Crippen molar-refractivity contribution in [2.75, 3.05) is 6.54 Å². The van der Waals surface area contributed by atoms with Crippen molar-refractivity contribution in [1.82, 2.24) is 5.32 Å². The molecule has 0 amide bonds. The molecule has 1 nitrogen and oxygen atoms in total. The molecule has 0 saturated carbocycles. The third-order valence-electron chi connectivity index (χ3n) is 2.96. The molecule has 0 aliphatic rings. The SMILES string of the molecule is C=C(NCC)C(/C(=C\C)C(C)(C)C)C(C)C. The van der Waals surface area contributed by atoms with Gasteiger partial charge in [-0.05, 0) is 25.2 Å². The first-order valence-corrected chi connectivity index (χ1v) is 6.35. The Kier molecular flexibility index (Phi) is 5.85. The van der Waals surface area contributed by atoms with Crippen LogP contribution >= 0.6 is 0 Å². The van der Waals surface area contributed by atoms with Gasteiger partial charge in [0.25, 0.3) is 0 Å². The molecule has 0 saturated heterocycles. The van der Waals surface area contributed by atoms with E-state index in [0.29, 0.717) is 11.8 Å². The molecule has 1 unspecified atom stereocenters. The second-order valence-electron chi connectivity index (χ2n) is 5.77. The van der Waals surface area contributed by atoms with Crippen molar-refractivity contribution in [2.45, 2.75) is 48.5 Å². The van der Waals surface area contributed by atoms with E-state index in [9.17, 15) is 0 Å². The molecule has 1 heteroatoms. The van der Waals surface area contributed by atoms with Crippen LogP contribution in [0, 0.1) is 17.3 Å². The maximum Gasteiger partial charge on any atom is 0.0218 e. The van der Waals surface area contributed by atoms with Crippen LogP contribution in [-0.4, -0.2) is 6.54 Å². The van der Waals surface area contributed by atoms with Crippen LogP contribution < -0.4 is 5.32 Å². The Hall–Kier alpha value is -0.720. The summed E-state index contributed by atoms with van der Waals surface area (Å²) in [7, 11) is 0. The van der Waals surface area contributed by atoms with Crippen LogP contribution in [0.25, 0.3) is 0 Å². The molecule has 0 spiro atoms. The minimum Gasteiger partial charge on any atom is -0.389 e. The molecule has 94 valence electrons. The van der Waals surface area contributed by atoms with Crippen LogP contribution in [0.15, 0.2) is 23.9 Å². The van der Waals surface area contributed by atoms with Gasteiger partial charge in [0.15, 0.2) is 0 Å². The van der Waals surface area contributed by atoms with Crippen LogP contribution in [0.2, 0.25) is 0 Å². The first-order valence-electron chi connectivity index (χ1n) is 6.35. The highest BCUT2D eigenvalue weighted by atomic mass is 14.9. The van der Waals surface area contributed by atoms with Gasteiger partial charge >= 0.3 is 0 Å². The van der Waals surface area contributed by atoms with Gasteiger partial charge in [-0.15, -0.1) is 0 Å². The molecule has 0 aromatic carbocycles. The van der Waals surface area contributed by atoms with Crippen molar-refractivity contribution in [1.29, 1.82) is 0 Å². The van der Waals surface area contributed by atoms with E-state index in [1.54, 1.807) is 0 Å². The maximum atomic E-state index is 4.20. The second-order valence-corrected chi connectivity index (χ2v) is 5.77. The summed E-state index contributed by atoms with van der Waals surface area (Å²) in [6.45, 7) is 20.8. The Balaban J connectivity index is 5.12. The summed E-state index contributed by atoms with van der Waals surface area (Å²) in [6.07, 6.45) is 2.26. The van der Waals surface area contributed by atoms with Gasteiger partial charge in [0, 0.05) is 18.2 Å². The van der Waals surface area contributed by atoms with Gasteiger partial charge in [-0.1, -0.05) is 52.8 Å². The van der Waals surface area contributed by atoms with Crippen molar-refractivity contribution < 1.29 is 0 Å². The van der Waals surface area contributed by atoms with Crippen molar-refractivity contribution >= 4 is 0 Å². The highest BCUT2D eigenvalue weighted by Gasteiger charge is 2.28. The topological polar surface area (TPSA) is 12.0 Å². The zero-order chi connectivity index (χ0) is 12.9. The molecule has 0 rings (SSSR count). The molecule has 0 aromatic rings. The first kappa shape index (κ1) is 15.3. The summed E-state index contributed by atoms with van der Waals surface area (Å²) in [5.41, 5.74) is 2.84. The van der Waals surface area contributed by atoms with Crippen LogP contribution in [0.1, 0.15) is 48.5 Å². The molecular formula is C15H29N. The predicted octanol–water partition coefficient (Wildman–Crippen LogP) is 4.37. The lowest BCUT2D eigenvalue weighted by Crippen LogP contribution is -2.29. The molecular weight excluding hydrogens is 194 g/mol. The van der Waals surface area contributed by atoms with E-state index < -0.39 is 0 Å². The van der Waals surface area contributed by atoms with E-state index in [1.165, 1.54) is 5.57 Å². The van der Waals surface area contributed by atoms with Crippen LogP contribution in [0.3, 0.4) is 0 Å². The lowest BCUT2D eigenvalue weighted by molar-refractivity contribution is 0.376. The Labute approximate surface area is 102 Å². The smallest absolute Gasteiger partial charge is 0.0218 e. The molecule has 0 fully saturated rings. The largest absolute Gasteiger partial charge is 0.389 e. The molecule has 0 bridgehead atoms. The van der Waals surface area contributed by atoms with Gasteiger partial charge in [0.2, 0.25) is 0 Å². The van der Waals surface area contributed by atoms with Crippen molar-refractivity contribution in [3.63, 3.8) is 0 Å². The summed E-state index contributed by atoms with van der Waals surface area (Å²) in [5, 5.41) is 3.38. The first-order chi connectivity index (χ1) is 7.25. The second kappa shape index (κ2) is 6.12. The van der Waals surface area contributed by atoms with Crippen molar-refractivity contribution in [2.24, 2.45) is 17.3 Å². The Morgan fingerprint density at radius 3 is 2.06 bits per heavy atom. The van der Waals surface area contributed by atoms with Gasteiger partial charge in [0.1, 0.15) is 0 Å². The molecule has 0 radical (unpaired) electrons. The summed E-state index contributed by atoms with van der Waals surface area (Å²) >= 11 is 0. The lowest BCUT2D eigenvalue weighted by Gasteiger charge is -2.34. The quantitative estimate of drug-likeness (QED) is 0.682. The minimum atomic E-state index is 0.210. The average molecular weight is 223 g/mol. The standard InChI is InChI=1S/C15H29N/c1-9-13(15(6,7)8)14(11(3)4)12(5)16-10-2/h9,11,14,16H,5,10H2,1-4,6-8H3/b13-9+.